The van der Waals surface area contributed by atoms with Gasteiger partial charge in [0.2, 0.25) is 0 Å². The van der Waals surface area contributed by atoms with E-state index >= 15 is 0 Å². The van der Waals surface area contributed by atoms with Gasteiger partial charge in [-0.05, 0) is 19.3 Å². The number of amides is 2. The van der Waals surface area contributed by atoms with Crippen LogP contribution in [0.1, 0.15) is 19.3 Å². The summed E-state index contributed by atoms with van der Waals surface area (Å²) in [7, 11) is 5.33. The topological polar surface area (TPSA) is 42.0 Å². The van der Waals surface area contributed by atoms with Crippen molar-refractivity contribution < 1.29 is 14.3 Å². The van der Waals surface area contributed by atoms with Gasteiger partial charge >= 0.3 is 6.03 Å². The Bertz CT molecular complexity index is 305. The van der Waals surface area contributed by atoms with Crippen LogP contribution in [-0.2, 0) is 9.47 Å². The van der Waals surface area contributed by atoms with Crippen molar-refractivity contribution in [2.45, 2.75) is 25.4 Å². The Labute approximate surface area is 109 Å². The number of likely N-dealkylation sites (tertiary alicyclic amines) is 1. The number of fused-ring (bicyclic) bond motifs is 1. The summed E-state index contributed by atoms with van der Waals surface area (Å²) in [5, 5.41) is 0. The molecule has 2 rings (SSSR count). The number of hydrogen-bond acceptors (Lipinski definition) is 3. The first-order chi connectivity index (χ1) is 8.59. The highest BCUT2D eigenvalue weighted by Crippen LogP contribution is 2.40. The second-order valence-corrected chi connectivity index (χ2v) is 5.65. The summed E-state index contributed by atoms with van der Waals surface area (Å²) >= 11 is 0. The van der Waals surface area contributed by atoms with Crippen LogP contribution in [0.4, 0.5) is 4.79 Å². The van der Waals surface area contributed by atoms with E-state index in [1.807, 2.05) is 4.90 Å². The lowest BCUT2D eigenvalue weighted by Gasteiger charge is -2.50. The first-order valence-corrected chi connectivity index (χ1v) is 6.66. The van der Waals surface area contributed by atoms with Gasteiger partial charge in [0.15, 0.2) is 0 Å². The maximum atomic E-state index is 12.1. The van der Waals surface area contributed by atoms with Gasteiger partial charge in [0.1, 0.15) is 0 Å². The molecule has 0 bridgehead atoms. The Morgan fingerprint density at radius 1 is 1.56 bits per heavy atom. The summed E-state index contributed by atoms with van der Waals surface area (Å²) in [5.74, 6) is 0. The number of piperidine rings is 1. The van der Waals surface area contributed by atoms with Gasteiger partial charge < -0.3 is 19.3 Å². The molecule has 2 heterocycles. The minimum Gasteiger partial charge on any atom is -0.384 e. The average molecular weight is 256 g/mol. The van der Waals surface area contributed by atoms with E-state index in [-0.39, 0.29) is 17.6 Å². The largest absolute Gasteiger partial charge is 0.384 e. The number of methoxy groups -OCH3 is 1. The fourth-order valence-corrected chi connectivity index (χ4v) is 3.23. The highest BCUT2D eigenvalue weighted by molar-refractivity contribution is 5.74. The van der Waals surface area contributed by atoms with E-state index in [1.165, 1.54) is 0 Å². The zero-order valence-electron chi connectivity index (χ0n) is 11.6. The van der Waals surface area contributed by atoms with Gasteiger partial charge in [-0.25, -0.2) is 4.79 Å². The minimum absolute atomic E-state index is 0.00306. The molecule has 104 valence electrons. The summed E-state index contributed by atoms with van der Waals surface area (Å²) in [6, 6.07) is 0.0921. The normalized spacial score (nSPS) is 31.9. The van der Waals surface area contributed by atoms with Crippen LogP contribution in [0.3, 0.4) is 0 Å². The van der Waals surface area contributed by atoms with E-state index in [0.717, 1.165) is 39.0 Å². The molecule has 0 saturated carbocycles. The zero-order chi connectivity index (χ0) is 13.2. The van der Waals surface area contributed by atoms with Gasteiger partial charge in [-0.15, -0.1) is 0 Å². The fourth-order valence-electron chi connectivity index (χ4n) is 3.23. The van der Waals surface area contributed by atoms with Crippen LogP contribution >= 0.6 is 0 Å². The van der Waals surface area contributed by atoms with Crippen LogP contribution in [0.25, 0.3) is 0 Å². The second kappa shape index (κ2) is 5.45. The van der Waals surface area contributed by atoms with Crippen LogP contribution in [0.5, 0.6) is 0 Å². The van der Waals surface area contributed by atoms with Crippen LogP contribution in [0, 0.1) is 5.41 Å². The molecule has 0 aromatic heterocycles. The van der Waals surface area contributed by atoms with Crippen molar-refractivity contribution in [1.29, 1.82) is 0 Å². The van der Waals surface area contributed by atoms with E-state index in [2.05, 4.69) is 0 Å². The van der Waals surface area contributed by atoms with Crippen molar-refractivity contribution in [2.75, 3.05) is 47.5 Å². The third-order valence-electron chi connectivity index (χ3n) is 4.07. The number of hydrogen-bond donors (Lipinski definition) is 0. The van der Waals surface area contributed by atoms with Crippen molar-refractivity contribution in [3.8, 4) is 0 Å². The van der Waals surface area contributed by atoms with Crippen molar-refractivity contribution in [2.24, 2.45) is 5.41 Å². The van der Waals surface area contributed by atoms with E-state index in [9.17, 15) is 4.79 Å². The Kier molecular flexibility index (Phi) is 4.12. The van der Waals surface area contributed by atoms with E-state index in [0.29, 0.717) is 6.61 Å². The van der Waals surface area contributed by atoms with E-state index < -0.39 is 0 Å². The molecule has 0 radical (unpaired) electrons. The molecule has 0 N–H and O–H groups in total. The van der Waals surface area contributed by atoms with Gasteiger partial charge in [0, 0.05) is 46.3 Å². The van der Waals surface area contributed by atoms with Crippen LogP contribution in [0.2, 0.25) is 0 Å². The molecule has 5 nitrogen and oxygen atoms in total. The third kappa shape index (κ3) is 2.47. The van der Waals surface area contributed by atoms with Crippen molar-refractivity contribution >= 4 is 6.03 Å². The molecular weight excluding hydrogens is 232 g/mol. The Morgan fingerprint density at radius 2 is 2.33 bits per heavy atom. The zero-order valence-corrected chi connectivity index (χ0v) is 11.6. The molecule has 2 atom stereocenters. The molecule has 0 aromatic rings. The molecule has 0 aliphatic carbocycles. The molecular formula is C13H24N2O3. The summed E-state index contributed by atoms with van der Waals surface area (Å²) in [4.78, 5) is 15.7. The van der Waals surface area contributed by atoms with Crippen LogP contribution in [0.15, 0.2) is 0 Å². The van der Waals surface area contributed by atoms with Gasteiger partial charge in [-0.3, -0.25) is 0 Å². The van der Waals surface area contributed by atoms with Crippen LogP contribution in [-0.4, -0.2) is 69.4 Å². The predicted molar refractivity (Wildman–Crippen MR) is 68.6 cm³/mol. The van der Waals surface area contributed by atoms with Gasteiger partial charge in [-0.2, -0.15) is 0 Å². The molecule has 2 unspecified atom stereocenters. The molecule has 2 aliphatic rings. The predicted octanol–water partition coefficient (Wildman–Crippen LogP) is 1.19. The lowest BCUT2D eigenvalue weighted by molar-refractivity contribution is -0.142. The maximum absolute atomic E-state index is 12.1. The average Bonchev–Trinajstić information content (AvgIpc) is 2.37. The monoisotopic (exact) mass is 256 g/mol. The van der Waals surface area contributed by atoms with Gasteiger partial charge in [0.25, 0.3) is 0 Å². The molecule has 0 aromatic carbocycles. The number of carbonyl (C=O) groups excluding carboxylic acids is 1. The van der Waals surface area contributed by atoms with Gasteiger partial charge in [0.05, 0.1) is 12.7 Å². The molecule has 2 saturated heterocycles. The number of urea groups is 1. The van der Waals surface area contributed by atoms with Gasteiger partial charge in [-0.1, -0.05) is 0 Å². The Morgan fingerprint density at radius 3 is 3.00 bits per heavy atom. The van der Waals surface area contributed by atoms with Crippen molar-refractivity contribution in [3.63, 3.8) is 0 Å². The number of carbonyl (C=O) groups is 1. The van der Waals surface area contributed by atoms with E-state index in [1.54, 1.807) is 26.1 Å². The standard InChI is InChI=1S/C13H24N2O3/c1-14(2)12(16)15-7-5-11-13(9-15,10-17-3)6-4-8-18-11/h11H,4-10H2,1-3H3. The molecule has 0 spiro atoms. The lowest BCUT2D eigenvalue weighted by Crippen LogP contribution is -2.59. The van der Waals surface area contributed by atoms with E-state index in [4.69, 9.17) is 9.47 Å². The first kappa shape index (κ1) is 13.6. The van der Waals surface area contributed by atoms with Crippen molar-refractivity contribution in [3.05, 3.63) is 0 Å². The second-order valence-electron chi connectivity index (χ2n) is 5.65. The molecule has 5 heteroatoms. The summed E-state index contributed by atoms with van der Waals surface area (Å²) in [6.07, 6.45) is 3.31. The molecule has 2 amide bonds. The number of ether oxygens (including phenoxy) is 2. The summed E-state index contributed by atoms with van der Waals surface area (Å²) < 4.78 is 11.3. The first-order valence-electron chi connectivity index (χ1n) is 6.66. The van der Waals surface area contributed by atoms with Crippen LogP contribution < -0.4 is 0 Å². The summed E-state index contributed by atoms with van der Waals surface area (Å²) in [5.41, 5.74) is -0.00306. The molecule has 18 heavy (non-hydrogen) atoms. The highest BCUT2D eigenvalue weighted by atomic mass is 16.5. The maximum Gasteiger partial charge on any atom is 0.319 e. The molecule has 2 aliphatic heterocycles. The lowest BCUT2D eigenvalue weighted by atomic mass is 9.73. The molecule has 2 fully saturated rings. The summed E-state index contributed by atoms with van der Waals surface area (Å²) in [6.45, 7) is 3.06. The highest BCUT2D eigenvalue weighted by Gasteiger charge is 2.47. The quantitative estimate of drug-likeness (QED) is 0.745. The third-order valence-corrected chi connectivity index (χ3v) is 4.07. The Hall–Kier alpha value is -0.810. The minimum atomic E-state index is -0.00306. The fraction of sp³-hybridized carbons (Fsp3) is 0.923. The smallest absolute Gasteiger partial charge is 0.319 e. The van der Waals surface area contributed by atoms with Crippen molar-refractivity contribution in [1.82, 2.24) is 9.80 Å². The number of rotatable bonds is 2. The SMILES string of the molecule is COCC12CCCOC1CCN(C(=O)N(C)C)C2. The Balaban J connectivity index is 2.11. The number of nitrogens with zero attached hydrogens (tertiary/aromatic N) is 2.